The van der Waals surface area contributed by atoms with Gasteiger partial charge in [0.1, 0.15) is 0 Å². The maximum atomic E-state index is 13.4. The molecule has 0 bridgehead atoms. The highest BCUT2D eigenvalue weighted by Crippen LogP contribution is 2.22. The zero-order chi connectivity index (χ0) is 20.2. The summed E-state index contributed by atoms with van der Waals surface area (Å²) in [5.41, 5.74) is 1.42. The third kappa shape index (κ3) is 5.90. The summed E-state index contributed by atoms with van der Waals surface area (Å²) >= 11 is 6.00. The summed E-state index contributed by atoms with van der Waals surface area (Å²) in [5, 5.41) is 3.20. The molecule has 0 radical (unpaired) electrons. The number of carbonyl (C=O) groups is 1. The van der Waals surface area contributed by atoms with Crippen molar-refractivity contribution in [2.45, 2.75) is 19.8 Å². The molecule has 1 amide bonds. The molecule has 2 aromatic carbocycles. The van der Waals surface area contributed by atoms with Gasteiger partial charge in [-0.1, -0.05) is 17.7 Å². The number of hydrogen-bond donors (Lipinski definition) is 1. The molecule has 146 valence electrons. The molecule has 0 fully saturated rings. The molecule has 0 atom stereocenters. The number of amides is 1. The first kappa shape index (κ1) is 21.1. The van der Waals surface area contributed by atoms with Gasteiger partial charge in [-0.2, -0.15) is 0 Å². The second kappa shape index (κ2) is 8.67. The molecule has 2 rings (SSSR count). The molecule has 2 aromatic rings. The second-order valence-electron chi connectivity index (χ2n) is 6.05. The first-order chi connectivity index (χ1) is 12.6. The number of hydrogen-bond acceptors (Lipinski definition) is 3. The van der Waals surface area contributed by atoms with Gasteiger partial charge in [-0.3, -0.25) is 9.10 Å². The average molecular weight is 417 g/mol. The van der Waals surface area contributed by atoms with Crippen LogP contribution in [0.1, 0.15) is 18.4 Å². The van der Waals surface area contributed by atoms with Crippen molar-refractivity contribution in [1.29, 1.82) is 0 Å². The van der Waals surface area contributed by atoms with E-state index in [2.05, 4.69) is 5.32 Å². The molecular formula is C18H19ClF2N2O3S. The number of carbonyl (C=O) groups excluding carboxylic acids is 1. The maximum Gasteiger partial charge on any atom is 0.232 e. The first-order valence-electron chi connectivity index (χ1n) is 8.06. The molecule has 0 aliphatic rings. The van der Waals surface area contributed by atoms with E-state index in [-0.39, 0.29) is 31.0 Å². The third-order valence-electron chi connectivity index (χ3n) is 3.81. The van der Waals surface area contributed by atoms with E-state index in [4.69, 9.17) is 11.6 Å². The van der Waals surface area contributed by atoms with E-state index < -0.39 is 21.7 Å². The molecule has 1 N–H and O–H groups in total. The van der Waals surface area contributed by atoms with E-state index in [0.717, 1.165) is 28.3 Å². The van der Waals surface area contributed by atoms with Crippen LogP contribution >= 0.6 is 11.6 Å². The van der Waals surface area contributed by atoms with E-state index >= 15 is 0 Å². The van der Waals surface area contributed by atoms with Gasteiger partial charge in [0.25, 0.3) is 0 Å². The Morgan fingerprint density at radius 2 is 1.85 bits per heavy atom. The van der Waals surface area contributed by atoms with Gasteiger partial charge in [0, 0.05) is 29.7 Å². The normalized spacial score (nSPS) is 11.3. The highest BCUT2D eigenvalue weighted by atomic mass is 35.5. The highest BCUT2D eigenvalue weighted by molar-refractivity contribution is 7.92. The molecule has 0 unspecified atom stereocenters. The number of aryl methyl sites for hydroxylation is 1. The fourth-order valence-corrected chi connectivity index (χ4v) is 3.54. The maximum absolute atomic E-state index is 13.4. The zero-order valence-corrected chi connectivity index (χ0v) is 16.4. The van der Waals surface area contributed by atoms with E-state index in [1.807, 2.05) is 6.92 Å². The standard InChI is InChI=1S/C18H19ClF2N2O3S/c1-12-5-6-13(10-15(12)19)22-18(24)4-3-9-23(27(2,25)26)14-7-8-16(20)17(21)11-14/h5-8,10-11H,3-4,9H2,1-2H3,(H,22,24). The van der Waals surface area contributed by atoms with E-state index in [9.17, 15) is 22.0 Å². The summed E-state index contributed by atoms with van der Waals surface area (Å²) in [4.78, 5) is 12.0. The average Bonchev–Trinajstić information content (AvgIpc) is 2.57. The Morgan fingerprint density at radius 1 is 1.15 bits per heavy atom. The molecule has 9 heteroatoms. The lowest BCUT2D eigenvalue weighted by molar-refractivity contribution is -0.116. The molecular weight excluding hydrogens is 398 g/mol. The van der Waals surface area contributed by atoms with Crippen LogP contribution in [0, 0.1) is 18.6 Å². The third-order valence-corrected chi connectivity index (χ3v) is 5.41. The van der Waals surface area contributed by atoms with Crippen LogP contribution in [0.4, 0.5) is 20.2 Å². The molecule has 0 saturated carbocycles. The van der Waals surface area contributed by atoms with E-state index in [1.54, 1.807) is 18.2 Å². The van der Waals surface area contributed by atoms with Crippen molar-refractivity contribution < 1.29 is 22.0 Å². The number of nitrogens with one attached hydrogen (secondary N) is 1. The number of rotatable bonds is 7. The van der Waals surface area contributed by atoms with Gasteiger partial charge < -0.3 is 5.32 Å². The van der Waals surface area contributed by atoms with Crippen molar-refractivity contribution in [2.24, 2.45) is 0 Å². The zero-order valence-electron chi connectivity index (χ0n) is 14.8. The second-order valence-corrected chi connectivity index (χ2v) is 8.36. The number of sulfonamides is 1. The van der Waals surface area contributed by atoms with Gasteiger partial charge in [0.05, 0.1) is 11.9 Å². The van der Waals surface area contributed by atoms with Gasteiger partial charge in [-0.05, 0) is 43.2 Å². The monoisotopic (exact) mass is 416 g/mol. The van der Waals surface area contributed by atoms with Gasteiger partial charge in [0.15, 0.2) is 11.6 Å². The highest BCUT2D eigenvalue weighted by Gasteiger charge is 2.19. The Kier molecular flexibility index (Phi) is 6.78. The predicted octanol–water partition coefficient (Wildman–Crippen LogP) is 4.11. The Bertz CT molecular complexity index is 952. The smallest absolute Gasteiger partial charge is 0.232 e. The molecule has 0 saturated heterocycles. The fourth-order valence-electron chi connectivity index (χ4n) is 2.40. The molecule has 0 aliphatic heterocycles. The summed E-state index contributed by atoms with van der Waals surface area (Å²) in [6.45, 7) is 1.79. The number of anilines is 2. The van der Waals surface area contributed by atoms with Gasteiger partial charge in [-0.25, -0.2) is 17.2 Å². The number of halogens is 3. The minimum absolute atomic E-state index is 0.00197. The predicted molar refractivity (Wildman–Crippen MR) is 103 cm³/mol. The molecule has 0 heterocycles. The summed E-state index contributed by atoms with van der Waals surface area (Å²) in [7, 11) is -3.72. The van der Waals surface area contributed by atoms with Crippen molar-refractivity contribution >= 4 is 38.9 Å². The molecule has 0 aliphatic carbocycles. The van der Waals surface area contributed by atoms with Crippen LogP contribution in [-0.4, -0.2) is 27.1 Å². The summed E-state index contributed by atoms with van der Waals surface area (Å²) in [6, 6.07) is 7.95. The van der Waals surface area contributed by atoms with Crippen LogP contribution in [0.25, 0.3) is 0 Å². The van der Waals surface area contributed by atoms with Crippen LogP contribution < -0.4 is 9.62 Å². The van der Waals surface area contributed by atoms with Crippen molar-refractivity contribution in [3.05, 3.63) is 58.6 Å². The largest absolute Gasteiger partial charge is 0.326 e. The summed E-state index contributed by atoms with van der Waals surface area (Å²) < 4.78 is 51.3. The quantitative estimate of drug-likeness (QED) is 0.738. The van der Waals surface area contributed by atoms with Crippen molar-refractivity contribution in [3.8, 4) is 0 Å². The van der Waals surface area contributed by atoms with Crippen LogP contribution in [0.3, 0.4) is 0 Å². The van der Waals surface area contributed by atoms with Gasteiger partial charge in [0.2, 0.25) is 15.9 Å². The molecule has 0 aromatic heterocycles. The van der Waals surface area contributed by atoms with Crippen LogP contribution in [0.2, 0.25) is 5.02 Å². The topological polar surface area (TPSA) is 66.5 Å². The minimum Gasteiger partial charge on any atom is -0.326 e. The van der Waals surface area contributed by atoms with Crippen molar-refractivity contribution in [2.75, 3.05) is 22.4 Å². The Balaban J connectivity index is 1.99. The molecule has 0 spiro atoms. The molecule has 5 nitrogen and oxygen atoms in total. The van der Waals surface area contributed by atoms with Gasteiger partial charge >= 0.3 is 0 Å². The Hall–Kier alpha value is -2.19. The van der Waals surface area contributed by atoms with Crippen LogP contribution in [0.15, 0.2) is 36.4 Å². The summed E-state index contributed by atoms with van der Waals surface area (Å²) in [6.07, 6.45) is 1.20. The first-order valence-corrected chi connectivity index (χ1v) is 10.3. The summed E-state index contributed by atoms with van der Waals surface area (Å²) in [5.74, 6) is -2.52. The number of benzene rings is 2. The van der Waals surface area contributed by atoms with Gasteiger partial charge in [-0.15, -0.1) is 0 Å². The molecule has 27 heavy (non-hydrogen) atoms. The van der Waals surface area contributed by atoms with Crippen molar-refractivity contribution in [3.63, 3.8) is 0 Å². The lowest BCUT2D eigenvalue weighted by Crippen LogP contribution is -2.31. The minimum atomic E-state index is -3.72. The fraction of sp³-hybridized carbons (Fsp3) is 0.278. The van der Waals surface area contributed by atoms with Crippen molar-refractivity contribution in [1.82, 2.24) is 0 Å². The van der Waals surface area contributed by atoms with Crippen LogP contribution in [-0.2, 0) is 14.8 Å². The Morgan fingerprint density at radius 3 is 2.44 bits per heavy atom. The van der Waals surface area contributed by atoms with Crippen LogP contribution in [0.5, 0.6) is 0 Å². The van der Waals surface area contributed by atoms with E-state index in [1.165, 1.54) is 6.07 Å². The number of nitrogens with zero attached hydrogens (tertiary/aromatic N) is 1. The lowest BCUT2D eigenvalue weighted by Gasteiger charge is -2.22. The lowest BCUT2D eigenvalue weighted by atomic mass is 10.2. The van der Waals surface area contributed by atoms with E-state index in [0.29, 0.717) is 10.7 Å². The Labute approximate surface area is 162 Å². The SMILES string of the molecule is Cc1ccc(NC(=O)CCCN(c2ccc(F)c(F)c2)S(C)(=O)=O)cc1Cl.